The van der Waals surface area contributed by atoms with Gasteiger partial charge in [-0.25, -0.2) is 0 Å². The summed E-state index contributed by atoms with van der Waals surface area (Å²) in [7, 11) is 0. The molecule has 0 saturated heterocycles. The van der Waals surface area contributed by atoms with Gasteiger partial charge in [0.15, 0.2) is 5.78 Å². The highest BCUT2D eigenvalue weighted by atomic mass is 35.5. The molecule has 2 aromatic carbocycles. The molecule has 0 spiro atoms. The quantitative estimate of drug-likeness (QED) is 0.613. The lowest BCUT2D eigenvalue weighted by Gasteiger charge is -2.06. The molecular weight excluding hydrogens is 305 g/mol. The Labute approximate surface area is 132 Å². The third kappa shape index (κ3) is 2.69. The van der Waals surface area contributed by atoms with Crippen molar-refractivity contribution in [1.82, 2.24) is 4.57 Å². The monoisotopic (exact) mass is 317 g/mol. The van der Waals surface area contributed by atoms with E-state index in [1.807, 2.05) is 35.9 Å². The Morgan fingerprint density at radius 3 is 2.62 bits per heavy atom. The predicted molar refractivity (Wildman–Crippen MR) is 87.5 cm³/mol. The maximum absolute atomic E-state index is 12.4. The molecule has 1 heterocycles. The summed E-state index contributed by atoms with van der Waals surface area (Å²) in [6.07, 6.45) is 2.00. The van der Waals surface area contributed by atoms with Gasteiger partial charge in [-0.1, -0.05) is 41.4 Å². The van der Waals surface area contributed by atoms with Crippen LogP contribution in [0.25, 0.3) is 10.9 Å². The van der Waals surface area contributed by atoms with Gasteiger partial charge in [-0.2, -0.15) is 0 Å². The van der Waals surface area contributed by atoms with Crippen molar-refractivity contribution in [3.05, 3.63) is 69.8 Å². The minimum atomic E-state index is 0.00863. The van der Waals surface area contributed by atoms with Crippen LogP contribution in [0.5, 0.6) is 0 Å². The number of rotatable bonds is 3. The molecule has 21 heavy (non-hydrogen) atoms. The van der Waals surface area contributed by atoms with Crippen LogP contribution in [0.3, 0.4) is 0 Å². The van der Waals surface area contributed by atoms with E-state index in [9.17, 15) is 4.79 Å². The van der Waals surface area contributed by atoms with Gasteiger partial charge in [-0.15, -0.1) is 0 Å². The van der Waals surface area contributed by atoms with E-state index >= 15 is 0 Å². The van der Waals surface area contributed by atoms with Gasteiger partial charge in [0.2, 0.25) is 0 Å². The van der Waals surface area contributed by atoms with Gasteiger partial charge in [-0.05, 0) is 36.8 Å². The first-order valence-corrected chi connectivity index (χ1v) is 7.34. The lowest BCUT2D eigenvalue weighted by atomic mass is 10.1. The molecule has 2 nitrogen and oxygen atoms in total. The van der Waals surface area contributed by atoms with Crippen LogP contribution in [-0.2, 0) is 6.54 Å². The number of para-hydroxylation sites is 1. The van der Waals surface area contributed by atoms with Crippen molar-refractivity contribution in [2.75, 3.05) is 0 Å². The summed E-state index contributed by atoms with van der Waals surface area (Å²) in [4.78, 5) is 12.4. The molecule has 3 aromatic rings. The molecule has 0 N–H and O–H groups in total. The maximum Gasteiger partial charge on any atom is 0.182 e. The predicted octanol–water partition coefficient (Wildman–Crippen LogP) is 5.14. The Balaban J connectivity index is 1.94. The van der Waals surface area contributed by atoms with Crippen LogP contribution in [0, 0.1) is 6.92 Å². The average molecular weight is 318 g/mol. The first-order chi connectivity index (χ1) is 10.1. The number of benzene rings is 2. The SMILES string of the molecule is Cc1cn(CC(=O)c2ccc(Cl)c(Cl)c2)c2ccccc12. The maximum atomic E-state index is 12.4. The summed E-state index contributed by atoms with van der Waals surface area (Å²) in [5, 5.41) is 2.02. The number of aryl methyl sites for hydroxylation is 1. The van der Waals surface area contributed by atoms with Gasteiger partial charge < -0.3 is 4.57 Å². The largest absolute Gasteiger partial charge is 0.339 e. The average Bonchev–Trinajstić information content (AvgIpc) is 2.79. The number of carbonyl (C=O) groups excluding carboxylic acids is 1. The lowest BCUT2D eigenvalue weighted by molar-refractivity contribution is 0.0973. The highest BCUT2D eigenvalue weighted by Gasteiger charge is 2.11. The molecular formula is C17H13Cl2NO. The molecule has 0 saturated carbocycles. The van der Waals surface area contributed by atoms with E-state index in [0.717, 1.165) is 11.1 Å². The first-order valence-electron chi connectivity index (χ1n) is 6.59. The number of nitrogens with zero attached hydrogens (tertiary/aromatic N) is 1. The molecule has 1 aromatic heterocycles. The number of hydrogen-bond donors (Lipinski definition) is 0. The van der Waals surface area contributed by atoms with Crippen LogP contribution in [0.4, 0.5) is 0 Å². The van der Waals surface area contributed by atoms with E-state index in [1.54, 1.807) is 18.2 Å². The number of halogens is 2. The minimum absolute atomic E-state index is 0.00863. The fourth-order valence-electron chi connectivity index (χ4n) is 2.48. The third-order valence-corrected chi connectivity index (χ3v) is 4.28. The van der Waals surface area contributed by atoms with Gasteiger partial charge in [0.05, 0.1) is 16.6 Å². The Morgan fingerprint density at radius 1 is 1.10 bits per heavy atom. The normalized spacial score (nSPS) is 11.0. The zero-order valence-electron chi connectivity index (χ0n) is 11.4. The van der Waals surface area contributed by atoms with Crippen molar-refractivity contribution in [1.29, 1.82) is 0 Å². The summed E-state index contributed by atoms with van der Waals surface area (Å²) < 4.78 is 1.97. The van der Waals surface area contributed by atoms with E-state index < -0.39 is 0 Å². The van der Waals surface area contributed by atoms with Crippen molar-refractivity contribution < 1.29 is 4.79 Å². The minimum Gasteiger partial charge on any atom is -0.339 e. The van der Waals surface area contributed by atoms with Crippen LogP contribution in [0.1, 0.15) is 15.9 Å². The van der Waals surface area contributed by atoms with Crippen molar-refractivity contribution >= 4 is 39.9 Å². The van der Waals surface area contributed by atoms with Crippen molar-refractivity contribution in [3.8, 4) is 0 Å². The Morgan fingerprint density at radius 2 is 1.86 bits per heavy atom. The van der Waals surface area contributed by atoms with Gasteiger partial charge in [-0.3, -0.25) is 4.79 Å². The van der Waals surface area contributed by atoms with Crippen LogP contribution in [-0.4, -0.2) is 10.4 Å². The van der Waals surface area contributed by atoms with Crippen molar-refractivity contribution in [3.63, 3.8) is 0 Å². The van der Waals surface area contributed by atoms with E-state index in [0.29, 0.717) is 15.6 Å². The molecule has 0 aliphatic carbocycles. The molecule has 0 atom stereocenters. The second-order valence-corrected chi connectivity index (χ2v) is 5.82. The summed E-state index contributed by atoms with van der Waals surface area (Å²) in [5.41, 5.74) is 2.79. The highest BCUT2D eigenvalue weighted by molar-refractivity contribution is 6.42. The molecule has 0 unspecified atom stereocenters. The molecule has 0 aliphatic heterocycles. The first kappa shape index (κ1) is 14.2. The molecule has 0 amide bonds. The molecule has 0 radical (unpaired) electrons. The fraction of sp³-hybridized carbons (Fsp3) is 0.118. The standard InChI is InChI=1S/C17H13Cl2NO/c1-11-9-20(16-5-3-2-4-13(11)16)10-17(21)12-6-7-14(18)15(19)8-12/h2-9H,10H2,1H3. The molecule has 0 fully saturated rings. The van der Waals surface area contributed by atoms with Crippen LogP contribution in [0.2, 0.25) is 10.0 Å². The number of fused-ring (bicyclic) bond motifs is 1. The smallest absolute Gasteiger partial charge is 0.182 e. The Kier molecular flexibility index (Phi) is 3.75. The third-order valence-electron chi connectivity index (χ3n) is 3.54. The van der Waals surface area contributed by atoms with Crippen molar-refractivity contribution in [2.24, 2.45) is 0 Å². The van der Waals surface area contributed by atoms with Crippen LogP contribution >= 0.6 is 23.2 Å². The van der Waals surface area contributed by atoms with E-state index in [2.05, 4.69) is 6.07 Å². The molecule has 4 heteroatoms. The van der Waals surface area contributed by atoms with Gasteiger partial charge in [0.25, 0.3) is 0 Å². The van der Waals surface area contributed by atoms with E-state index in [1.165, 1.54) is 5.39 Å². The zero-order chi connectivity index (χ0) is 15.0. The topological polar surface area (TPSA) is 22.0 Å². The Bertz CT molecular complexity index is 836. The van der Waals surface area contributed by atoms with Crippen molar-refractivity contribution in [2.45, 2.75) is 13.5 Å². The van der Waals surface area contributed by atoms with Gasteiger partial charge in [0, 0.05) is 22.7 Å². The summed E-state index contributed by atoms with van der Waals surface area (Å²) in [6, 6.07) is 13.0. The number of ketones is 1. The fourth-order valence-corrected chi connectivity index (χ4v) is 2.77. The molecule has 0 aliphatic rings. The number of Topliss-reactive ketones (excluding diaryl/α,β-unsaturated/α-hetero) is 1. The van der Waals surface area contributed by atoms with Gasteiger partial charge >= 0.3 is 0 Å². The molecule has 106 valence electrons. The summed E-state index contributed by atoms with van der Waals surface area (Å²) >= 11 is 11.8. The Hall–Kier alpha value is -1.77. The summed E-state index contributed by atoms with van der Waals surface area (Å²) in [6.45, 7) is 2.33. The zero-order valence-corrected chi connectivity index (χ0v) is 12.9. The van der Waals surface area contributed by atoms with E-state index in [-0.39, 0.29) is 12.3 Å². The number of carbonyl (C=O) groups is 1. The summed E-state index contributed by atoms with van der Waals surface area (Å²) in [5.74, 6) is 0.00863. The molecule has 0 bridgehead atoms. The lowest BCUT2D eigenvalue weighted by Crippen LogP contribution is -2.09. The second kappa shape index (κ2) is 5.55. The second-order valence-electron chi connectivity index (χ2n) is 5.01. The molecule has 3 rings (SSSR count). The number of aromatic nitrogens is 1. The number of hydrogen-bond acceptors (Lipinski definition) is 1. The van der Waals surface area contributed by atoms with E-state index in [4.69, 9.17) is 23.2 Å². The van der Waals surface area contributed by atoms with Crippen LogP contribution < -0.4 is 0 Å². The van der Waals surface area contributed by atoms with Crippen LogP contribution in [0.15, 0.2) is 48.7 Å². The highest BCUT2D eigenvalue weighted by Crippen LogP contribution is 2.24. The van der Waals surface area contributed by atoms with Gasteiger partial charge in [0.1, 0.15) is 0 Å².